The van der Waals surface area contributed by atoms with E-state index < -0.39 is 64.2 Å². The van der Waals surface area contributed by atoms with Crippen molar-refractivity contribution in [1.29, 1.82) is 0 Å². The molecule has 4 rings (SSSR count). The van der Waals surface area contributed by atoms with Crippen LogP contribution in [0.4, 0.5) is 13.2 Å². The van der Waals surface area contributed by atoms with Gasteiger partial charge in [0.05, 0.1) is 19.3 Å². The van der Waals surface area contributed by atoms with Crippen molar-refractivity contribution in [2.24, 2.45) is 0 Å². The second-order valence-corrected chi connectivity index (χ2v) is 6.99. The van der Waals surface area contributed by atoms with Crippen LogP contribution in [0.5, 0.6) is 5.75 Å². The summed E-state index contributed by atoms with van der Waals surface area (Å²) in [6.07, 6.45) is 1.12. The average Bonchev–Trinajstić information content (AvgIpc) is 2.91. The molecule has 8 nitrogen and oxygen atoms in total. The van der Waals surface area contributed by atoms with Crippen LogP contribution < -0.4 is 10.7 Å². The second kappa shape index (κ2) is 7.48. The van der Waals surface area contributed by atoms with Gasteiger partial charge in [0.1, 0.15) is 23.0 Å². The smallest absolute Gasteiger partial charge is 0.274 e. The number of benzene rings is 1. The first kappa shape index (κ1) is 20.0. The number of carbonyl (C=O) groups is 2. The number of fused-ring (bicyclic) bond motifs is 4. The monoisotopic (exact) mass is 423 g/mol. The van der Waals surface area contributed by atoms with Gasteiger partial charge in [-0.3, -0.25) is 14.4 Å². The van der Waals surface area contributed by atoms with Gasteiger partial charge in [-0.15, -0.1) is 0 Å². The van der Waals surface area contributed by atoms with Crippen molar-refractivity contribution in [3.8, 4) is 5.75 Å². The van der Waals surface area contributed by atoms with Crippen LogP contribution in [0.3, 0.4) is 0 Å². The molecule has 11 heteroatoms. The highest BCUT2D eigenvalue weighted by atomic mass is 19.1. The Morgan fingerprint density at radius 3 is 2.63 bits per heavy atom. The summed E-state index contributed by atoms with van der Waals surface area (Å²) in [5.41, 5.74) is -2.43. The van der Waals surface area contributed by atoms with Crippen LogP contribution in [-0.2, 0) is 11.3 Å². The number of ether oxygens (including phenoxy) is 1. The molecule has 2 aliphatic rings. The third-order valence-corrected chi connectivity index (χ3v) is 5.12. The van der Waals surface area contributed by atoms with Gasteiger partial charge < -0.3 is 24.6 Å². The highest BCUT2D eigenvalue weighted by Crippen LogP contribution is 2.28. The summed E-state index contributed by atoms with van der Waals surface area (Å²) in [5.74, 6) is -5.96. The molecule has 2 aliphatic heterocycles. The summed E-state index contributed by atoms with van der Waals surface area (Å²) in [7, 11) is 0. The van der Waals surface area contributed by atoms with Crippen molar-refractivity contribution < 1.29 is 32.6 Å². The predicted molar refractivity (Wildman–Crippen MR) is 95.6 cm³/mol. The van der Waals surface area contributed by atoms with E-state index in [-0.39, 0.29) is 18.8 Å². The van der Waals surface area contributed by atoms with Crippen molar-refractivity contribution in [2.45, 2.75) is 12.6 Å². The van der Waals surface area contributed by atoms with Crippen molar-refractivity contribution in [3.05, 3.63) is 62.8 Å². The number of nitrogens with one attached hydrogen (secondary N) is 1. The van der Waals surface area contributed by atoms with E-state index in [0.29, 0.717) is 25.3 Å². The molecule has 1 saturated heterocycles. The summed E-state index contributed by atoms with van der Waals surface area (Å²) in [5, 5.41) is 12.5. The maximum atomic E-state index is 13.8. The Morgan fingerprint density at radius 1 is 1.23 bits per heavy atom. The lowest BCUT2D eigenvalue weighted by molar-refractivity contribution is 0.0685. The summed E-state index contributed by atoms with van der Waals surface area (Å²) in [6, 6.07) is 0.506. The van der Waals surface area contributed by atoms with Crippen LogP contribution in [0.1, 0.15) is 32.5 Å². The Kier molecular flexibility index (Phi) is 4.98. The number of halogens is 3. The first-order chi connectivity index (χ1) is 14.3. The minimum Gasteiger partial charge on any atom is -0.503 e. The van der Waals surface area contributed by atoms with E-state index in [1.54, 1.807) is 0 Å². The second-order valence-electron chi connectivity index (χ2n) is 6.99. The molecule has 0 aliphatic carbocycles. The molecule has 0 spiro atoms. The Balaban J connectivity index is 1.67. The van der Waals surface area contributed by atoms with Gasteiger partial charge in [-0.2, -0.15) is 0 Å². The number of aromatic nitrogens is 1. The van der Waals surface area contributed by atoms with Gasteiger partial charge in [0.25, 0.3) is 11.8 Å². The number of nitrogens with zero attached hydrogens (tertiary/aromatic N) is 2. The summed E-state index contributed by atoms with van der Waals surface area (Å²) in [4.78, 5) is 39.0. The van der Waals surface area contributed by atoms with Crippen LogP contribution in [0.2, 0.25) is 0 Å². The van der Waals surface area contributed by atoms with E-state index in [4.69, 9.17) is 4.74 Å². The highest BCUT2D eigenvalue weighted by Gasteiger charge is 2.36. The zero-order valence-electron chi connectivity index (χ0n) is 15.5. The van der Waals surface area contributed by atoms with Crippen molar-refractivity contribution in [1.82, 2.24) is 14.8 Å². The molecule has 1 aromatic carbocycles. The molecule has 0 saturated carbocycles. The van der Waals surface area contributed by atoms with Crippen molar-refractivity contribution in [2.75, 3.05) is 26.3 Å². The van der Waals surface area contributed by atoms with Crippen LogP contribution >= 0.6 is 0 Å². The van der Waals surface area contributed by atoms with E-state index in [1.807, 2.05) is 0 Å². The molecule has 3 heterocycles. The quantitative estimate of drug-likeness (QED) is 0.765. The van der Waals surface area contributed by atoms with E-state index in [9.17, 15) is 32.7 Å². The van der Waals surface area contributed by atoms with Gasteiger partial charge in [-0.1, -0.05) is 0 Å². The summed E-state index contributed by atoms with van der Waals surface area (Å²) < 4.78 is 47.3. The third-order valence-electron chi connectivity index (χ3n) is 5.12. The first-order valence-corrected chi connectivity index (χ1v) is 9.04. The highest BCUT2D eigenvalue weighted by molar-refractivity contribution is 5.99. The third kappa shape index (κ3) is 3.30. The number of rotatable bonds is 3. The molecule has 1 atom stereocenters. The van der Waals surface area contributed by atoms with Gasteiger partial charge in [0, 0.05) is 43.5 Å². The Morgan fingerprint density at radius 2 is 1.93 bits per heavy atom. The number of hydrogen-bond donors (Lipinski definition) is 2. The normalized spacial score (nSPS) is 18.0. The van der Waals surface area contributed by atoms with Crippen LogP contribution in [0, 0.1) is 17.5 Å². The van der Waals surface area contributed by atoms with E-state index >= 15 is 0 Å². The van der Waals surface area contributed by atoms with Crippen molar-refractivity contribution >= 4 is 11.8 Å². The lowest BCUT2D eigenvalue weighted by Crippen LogP contribution is -2.45. The van der Waals surface area contributed by atoms with Crippen LogP contribution in [0.15, 0.2) is 23.1 Å². The average molecular weight is 423 g/mol. The first-order valence-electron chi connectivity index (χ1n) is 9.04. The maximum absolute atomic E-state index is 13.8. The lowest BCUT2D eigenvalue weighted by atomic mass is 10.1. The molecule has 2 aromatic rings. The standard InChI is InChI=1S/C19H16F3N3O5/c20-9-3-13(21)11(14(22)4-9)5-23-18(28)12-7-25-10-6-24(1-2-30-8-10)19(29)15(25)17(27)16(12)26/h3-4,7,10,27H,1-2,5-6,8H2,(H,23,28). The SMILES string of the molecule is O=C(NCc1c(F)cc(F)cc1F)c1cn2c(c(O)c1=O)C(=O)N1CCOCC2C1. The molecule has 1 unspecified atom stereocenters. The molecule has 2 amide bonds. The van der Waals surface area contributed by atoms with Gasteiger partial charge >= 0.3 is 0 Å². The maximum Gasteiger partial charge on any atom is 0.274 e. The molecule has 0 radical (unpaired) electrons. The number of carbonyl (C=O) groups excluding carboxylic acids is 2. The fraction of sp³-hybridized carbons (Fsp3) is 0.316. The molecule has 2 bridgehead atoms. The Labute approximate surface area is 167 Å². The van der Waals surface area contributed by atoms with Crippen LogP contribution in [-0.4, -0.2) is 52.7 Å². The molecular weight excluding hydrogens is 407 g/mol. The minimum absolute atomic E-state index is 0.201. The van der Waals surface area contributed by atoms with Gasteiger partial charge in [0.15, 0.2) is 11.4 Å². The zero-order chi connectivity index (χ0) is 21.6. The molecule has 158 valence electrons. The lowest BCUT2D eigenvalue weighted by Gasteiger charge is -2.33. The molecular formula is C19H16F3N3O5. The van der Waals surface area contributed by atoms with Crippen LogP contribution in [0.25, 0.3) is 0 Å². The van der Waals surface area contributed by atoms with Gasteiger partial charge in [-0.05, 0) is 0 Å². The topological polar surface area (TPSA) is 101 Å². The van der Waals surface area contributed by atoms with E-state index in [1.165, 1.54) is 9.47 Å². The van der Waals surface area contributed by atoms with E-state index in [2.05, 4.69) is 5.32 Å². The largest absolute Gasteiger partial charge is 0.503 e. The molecule has 1 aromatic heterocycles. The fourth-order valence-electron chi connectivity index (χ4n) is 3.58. The van der Waals surface area contributed by atoms with Crippen molar-refractivity contribution in [3.63, 3.8) is 0 Å². The number of amides is 2. The molecule has 1 fully saturated rings. The predicted octanol–water partition coefficient (Wildman–Crippen LogP) is 0.928. The number of aromatic hydroxyl groups is 1. The fourth-order valence-corrected chi connectivity index (χ4v) is 3.58. The molecule has 2 N–H and O–H groups in total. The Bertz CT molecular complexity index is 1090. The summed E-state index contributed by atoms with van der Waals surface area (Å²) >= 11 is 0. The minimum atomic E-state index is -1.20. The van der Waals surface area contributed by atoms with Gasteiger partial charge in [0.2, 0.25) is 5.43 Å². The summed E-state index contributed by atoms with van der Waals surface area (Å²) in [6.45, 7) is 0.426. The number of hydrogen-bond acceptors (Lipinski definition) is 5. The Hall–Kier alpha value is -3.34. The van der Waals surface area contributed by atoms with E-state index in [0.717, 1.165) is 6.20 Å². The molecule has 30 heavy (non-hydrogen) atoms. The van der Waals surface area contributed by atoms with Gasteiger partial charge in [-0.25, -0.2) is 13.2 Å². The number of pyridine rings is 1. The zero-order valence-corrected chi connectivity index (χ0v) is 15.5.